The molecule has 5 nitrogen and oxygen atoms in total. The minimum atomic E-state index is -0.162. The molecule has 5 heteroatoms. The average Bonchev–Trinajstić information content (AvgIpc) is 2.69. The number of pyridine rings is 1. The van der Waals surface area contributed by atoms with E-state index in [4.69, 9.17) is 5.26 Å². The maximum absolute atomic E-state index is 12.3. The van der Waals surface area contributed by atoms with Crippen molar-refractivity contribution in [3.05, 3.63) is 65.5 Å². The minimum absolute atomic E-state index is 0.162. The summed E-state index contributed by atoms with van der Waals surface area (Å²) >= 11 is 0. The van der Waals surface area contributed by atoms with E-state index in [-0.39, 0.29) is 5.91 Å². The second-order valence-electron chi connectivity index (χ2n) is 6.36. The molecule has 0 aliphatic heterocycles. The number of anilines is 2. The van der Waals surface area contributed by atoms with Gasteiger partial charge < -0.3 is 10.6 Å². The smallest absolute Gasteiger partial charge is 0.269 e. The van der Waals surface area contributed by atoms with Gasteiger partial charge in [-0.2, -0.15) is 5.26 Å². The summed E-state index contributed by atoms with van der Waals surface area (Å²) in [5.74, 6) is -0.162. The summed E-state index contributed by atoms with van der Waals surface area (Å²) in [6, 6.07) is 12.8. The number of aromatic nitrogens is 1. The molecule has 2 aromatic rings. The van der Waals surface area contributed by atoms with E-state index in [1.807, 2.05) is 18.2 Å². The number of nitriles is 1. The highest BCUT2D eigenvalue weighted by molar-refractivity contribution is 5.93. The van der Waals surface area contributed by atoms with Crippen LogP contribution in [-0.4, -0.2) is 17.4 Å². The Morgan fingerprint density at radius 2 is 2.00 bits per heavy atom. The van der Waals surface area contributed by atoms with Crippen LogP contribution in [0.4, 0.5) is 11.4 Å². The number of carbonyl (C=O) groups excluding carboxylic acids is 1. The average molecular weight is 346 g/mol. The van der Waals surface area contributed by atoms with Gasteiger partial charge >= 0.3 is 0 Å². The van der Waals surface area contributed by atoms with Crippen LogP contribution in [-0.2, 0) is 0 Å². The fraction of sp³-hybridized carbons (Fsp3) is 0.286. The Labute approximate surface area is 153 Å². The quantitative estimate of drug-likeness (QED) is 0.764. The van der Waals surface area contributed by atoms with Gasteiger partial charge in [-0.15, -0.1) is 0 Å². The lowest BCUT2D eigenvalue weighted by Gasteiger charge is -2.13. The molecule has 1 aliphatic carbocycles. The van der Waals surface area contributed by atoms with Crippen LogP contribution >= 0.6 is 0 Å². The van der Waals surface area contributed by atoms with Gasteiger partial charge in [0.2, 0.25) is 0 Å². The molecule has 2 N–H and O–H groups in total. The van der Waals surface area contributed by atoms with Crippen molar-refractivity contribution in [2.45, 2.75) is 32.1 Å². The predicted molar refractivity (Wildman–Crippen MR) is 102 cm³/mol. The number of nitrogens with zero attached hydrogens (tertiary/aromatic N) is 2. The molecule has 132 valence electrons. The number of allylic oxidation sites excluding steroid dienone is 1. The first kappa shape index (κ1) is 17.7. The Bertz CT molecular complexity index is 834. The van der Waals surface area contributed by atoms with E-state index in [0.717, 1.165) is 30.6 Å². The lowest BCUT2D eigenvalue weighted by Crippen LogP contribution is -2.25. The normalized spacial score (nSPS) is 13.4. The monoisotopic (exact) mass is 346 g/mol. The van der Waals surface area contributed by atoms with Crippen molar-refractivity contribution in [3.63, 3.8) is 0 Å². The molecule has 1 aromatic carbocycles. The Kier molecular flexibility index (Phi) is 6.00. The standard InChI is InChI=1S/C21H22N4O/c22-15-17-6-8-18(9-7-17)25-19-11-13-23-20(14-19)21(26)24-12-10-16-4-2-1-3-5-16/h4,6-9,11,13-14H,1-3,5,10,12H2,(H,23,25)(H,24,26). The van der Waals surface area contributed by atoms with E-state index in [1.54, 1.807) is 24.4 Å². The van der Waals surface area contributed by atoms with Crippen molar-refractivity contribution in [3.8, 4) is 6.07 Å². The summed E-state index contributed by atoms with van der Waals surface area (Å²) in [7, 11) is 0. The first-order valence-electron chi connectivity index (χ1n) is 8.94. The summed E-state index contributed by atoms with van der Waals surface area (Å²) in [6.45, 7) is 0.639. The summed E-state index contributed by atoms with van der Waals surface area (Å²) in [5, 5.41) is 15.0. The van der Waals surface area contributed by atoms with Crippen LogP contribution in [0.5, 0.6) is 0 Å². The number of nitrogens with one attached hydrogen (secondary N) is 2. The van der Waals surface area contributed by atoms with Gasteiger partial charge in [-0.25, -0.2) is 0 Å². The Morgan fingerprint density at radius 3 is 2.73 bits per heavy atom. The molecule has 0 unspecified atom stereocenters. The number of rotatable bonds is 6. The van der Waals surface area contributed by atoms with Crippen LogP contribution < -0.4 is 10.6 Å². The topological polar surface area (TPSA) is 77.8 Å². The van der Waals surface area contributed by atoms with E-state index in [0.29, 0.717) is 17.8 Å². The third-order valence-corrected chi connectivity index (χ3v) is 4.41. The molecule has 3 rings (SSSR count). The fourth-order valence-corrected chi connectivity index (χ4v) is 2.99. The second-order valence-corrected chi connectivity index (χ2v) is 6.36. The number of hydrogen-bond donors (Lipinski definition) is 2. The highest BCUT2D eigenvalue weighted by Gasteiger charge is 2.09. The Balaban J connectivity index is 1.56. The van der Waals surface area contributed by atoms with Crippen LogP contribution in [0.25, 0.3) is 0 Å². The Morgan fingerprint density at radius 1 is 1.15 bits per heavy atom. The van der Waals surface area contributed by atoms with Crippen LogP contribution in [0.1, 0.15) is 48.2 Å². The summed E-state index contributed by atoms with van der Waals surface area (Å²) in [4.78, 5) is 16.5. The van der Waals surface area contributed by atoms with Gasteiger partial charge in [-0.05, 0) is 68.5 Å². The van der Waals surface area contributed by atoms with Crippen LogP contribution in [0, 0.1) is 11.3 Å². The van der Waals surface area contributed by atoms with E-state index in [1.165, 1.54) is 18.4 Å². The number of carbonyl (C=O) groups is 1. The zero-order chi connectivity index (χ0) is 18.2. The van der Waals surface area contributed by atoms with Gasteiger partial charge in [-0.1, -0.05) is 11.6 Å². The fourth-order valence-electron chi connectivity index (χ4n) is 2.99. The van der Waals surface area contributed by atoms with Crippen LogP contribution in [0.2, 0.25) is 0 Å². The number of amides is 1. The maximum Gasteiger partial charge on any atom is 0.269 e. The first-order chi connectivity index (χ1) is 12.7. The molecular formula is C21H22N4O. The SMILES string of the molecule is N#Cc1ccc(Nc2ccnc(C(=O)NCCC3=CCCCC3)c2)cc1. The predicted octanol–water partition coefficient (Wildman–Crippen LogP) is 4.32. The highest BCUT2D eigenvalue weighted by atomic mass is 16.1. The molecule has 0 fully saturated rings. The lowest BCUT2D eigenvalue weighted by atomic mass is 9.97. The van der Waals surface area contributed by atoms with Gasteiger partial charge in [0.05, 0.1) is 11.6 Å². The Hall–Kier alpha value is -3.13. The van der Waals surface area contributed by atoms with Crippen molar-refractivity contribution < 1.29 is 4.79 Å². The van der Waals surface area contributed by atoms with Crippen molar-refractivity contribution >= 4 is 17.3 Å². The summed E-state index contributed by atoms with van der Waals surface area (Å²) in [6.07, 6.45) is 9.67. The van der Waals surface area contributed by atoms with Gasteiger partial charge in [0.15, 0.2) is 0 Å². The van der Waals surface area contributed by atoms with Crippen LogP contribution in [0.3, 0.4) is 0 Å². The molecule has 0 saturated carbocycles. The maximum atomic E-state index is 12.3. The zero-order valence-corrected chi connectivity index (χ0v) is 14.7. The molecule has 0 atom stereocenters. The molecule has 0 spiro atoms. The molecule has 1 aliphatic rings. The number of benzene rings is 1. The van der Waals surface area contributed by atoms with Gasteiger partial charge in [-0.3, -0.25) is 9.78 Å². The first-order valence-corrected chi connectivity index (χ1v) is 8.94. The molecule has 26 heavy (non-hydrogen) atoms. The zero-order valence-electron chi connectivity index (χ0n) is 14.7. The van der Waals surface area contributed by atoms with E-state index in [9.17, 15) is 4.79 Å². The van der Waals surface area contributed by atoms with E-state index < -0.39 is 0 Å². The van der Waals surface area contributed by atoms with Crippen molar-refractivity contribution in [2.24, 2.45) is 0 Å². The largest absolute Gasteiger partial charge is 0.355 e. The van der Waals surface area contributed by atoms with Gasteiger partial charge in [0, 0.05) is 24.1 Å². The summed E-state index contributed by atoms with van der Waals surface area (Å²) in [5.41, 5.74) is 4.08. The van der Waals surface area contributed by atoms with Crippen molar-refractivity contribution in [1.29, 1.82) is 5.26 Å². The van der Waals surface area contributed by atoms with E-state index >= 15 is 0 Å². The molecule has 0 bridgehead atoms. The molecular weight excluding hydrogens is 324 g/mol. The van der Waals surface area contributed by atoms with Crippen molar-refractivity contribution in [1.82, 2.24) is 10.3 Å². The third kappa shape index (κ3) is 4.93. The van der Waals surface area contributed by atoms with Crippen LogP contribution in [0.15, 0.2) is 54.2 Å². The molecule has 1 aromatic heterocycles. The summed E-state index contributed by atoms with van der Waals surface area (Å²) < 4.78 is 0. The number of hydrogen-bond acceptors (Lipinski definition) is 4. The van der Waals surface area contributed by atoms with E-state index in [2.05, 4.69) is 27.8 Å². The lowest BCUT2D eigenvalue weighted by molar-refractivity contribution is 0.0949. The third-order valence-electron chi connectivity index (χ3n) is 4.41. The highest BCUT2D eigenvalue weighted by Crippen LogP contribution is 2.20. The second kappa shape index (κ2) is 8.82. The van der Waals surface area contributed by atoms with Crippen molar-refractivity contribution in [2.75, 3.05) is 11.9 Å². The van der Waals surface area contributed by atoms with Gasteiger partial charge in [0.1, 0.15) is 5.69 Å². The molecule has 0 saturated heterocycles. The molecule has 1 amide bonds. The molecule has 1 heterocycles. The minimum Gasteiger partial charge on any atom is -0.355 e. The van der Waals surface area contributed by atoms with Gasteiger partial charge in [0.25, 0.3) is 5.91 Å². The molecule has 0 radical (unpaired) electrons.